The summed E-state index contributed by atoms with van der Waals surface area (Å²) in [7, 11) is 2.03. The molecule has 20 heavy (non-hydrogen) atoms. The van der Waals surface area contributed by atoms with Crippen LogP contribution in [0.2, 0.25) is 5.31 Å². The largest absolute Gasteiger partial charge is 0.274 e. The number of amides is 3. The van der Waals surface area contributed by atoms with Crippen LogP contribution in [0.1, 0.15) is 60.3 Å². The van der Waals surface area contributed by atoms with Crippen LogP contribution < -0.4 is 0 Å². The maximum absolute atomic E-state index is 12.2. The van der Waals surface area contributed by atoms with Crippen LogP contribution >= 0.6 is 0 Å². The first-order valence-electron chi connectivity index (χ1n) is 7.35. The molecule has 0 aliphatic carbocycles. The molecule has 112 valence electrons. The van der Waals surface area contributed by atoms with Crippen LogP contribution in [0.25, 0.3) is 0 Å². The Morgan fingerprint density at radius 1 is 1.20 bits per heavy atom. The molecule has 0 radical (unpaired) electrons. The first kappa shape index (κ1) is 16.9. The van der Waals surface area contributed by atoms with Gasteiger partial charge in [-0.25, -0.2) is 4.90 Å². The van der Waals surface area contributed by atoms with E-state index in [9.17, 15) is 14.4 Å². The molecular weight excluding hydrogens is 253 g/mol. The Kier molecular flexibility index (Phi) is 4.83. The minimum Gasteiger partial charge on any atom is -0.274 e. The lowest BCUT2D eigenvalue weighted by atomic mass is 9.58. The highest BCUT2D eigenvalue weighted by Gasteiger charge is 2.38. The molecule has 0 bridgehead atoms. The van der Waals surface area contributed by atoms with Crippen molar-refractivity contribution in [1.82, 2.24) is 4.90 Å². The van der Waals surface area contributed by atoms with E-state index in [-0.39, 0.29) is 47.7 Å². The Morgan fingerprint density at radius 2 is 1.65 bits per heavy atom. The lowest BCUT2D eigenvalue weighted by Gasteiger charge is -2.38. The van der Waals surface area contributed by atoms with Gasteiger partial charge in [-0.05, 0) is 17.8 Å². The summed E-state index contributed by atoms with van der Waals surface area (Å²) in [6.45, 7) is 10.8. The minimum atomic E-state index is -0.348. The van der Waals surface area contributed by atoms with Crippen LogP contribution in [0.3, 0.4) is 0 Å². The highest BCUT2D eigenvalue weighted by molar-refractivity contribution is 6.20. The van der Waals surface area contributed by atoms with Gasteiger partial charge in [0.2, 0.25) is 17.7 Å². The average Bonchev–Trinajstić information content (AvgIpc) is 2.55. The van der Waals surface area contributed by atoms with Crippen molar-refractivity contribution >= 4 is 25.6 Å². The molecule has 5 heteroatoms. The Morgan fingerprint density at radius 3 is 2.05 bits per heavy atom. The van der Waals surface area contributed by atoms with Gasteiger partial charge in [0.15, 0.2) is 0 Å². The number of rotatable bonds is 5. The second kappa shape index (κ2) is 5.70. The average molecular weight is 279 g/mol. The van der Waals surface area contributed by atoms with Crippen molar-refractivity contribution in [2.45, 2.75) is 65.6 Å². The van der Waals surface area contributed by atoms with Gasteiger partial charge in [-0.1, -0.05) is 39.9 Å². The third-order valence-corrected chi connectivity index (χ3v) is 4.43. The molecule has 1 aliphatic heterocycles. The smallest absolute Gasteiger partial charge is 0.236 e. The van der Waals surface area contributed by atoms with E-state index in [2.05, 4.69) is 27.7 Å². The number of imide groups is 3. The number of hydrogen-bond acceptors (Lipinski definition) is 3. The first-order valence-corrected chi connectivity index (χ1v) is 7.35. The van der Waals surface area contributed by atoms with Gasteiger partial charge in [0.05, 0.1) is 0 Å². The van der Waals surface area contributed by atoms with Gasteiger partial charge in [0.25, 0.3) is 0 Å². The van der Waals surface area contributed by atoms with Crippen LogP contribution in [0.4, 0.5) is 0 Å². The summed E-state index contributed by atoms with van der Waals surface area (Å²) in [5, 5.41) is -0.228. The normalized spacial score (nSPS) is 19.6. The SMILES string of the molecule is BC(C)(CC(=O)N1C(=O)CCC1=O)CC(C)(C)C(C)C. The summed E-state index contributed by atoms with van der Waals surface area (Å²) in [6.07, 6.45) is 1.45. The molecule has 0 N–H and O–H groups in total. The van der Waals surface area contributed by atoms with E-state index in [0.717, 1.165) is 11.3 Å². The molecule has 3 amide bonds. The van der Waals surface area contributed by atoms with Crippen molar-refractivity contribution in [3.63, 3.8) is 0 Å². The highest BCUT2D eigenvalue weighted by Crippen LogP contribution is 2.44. The van der Waals surface area contributed by atoms with Gasteiger partial charge in [0.1, 0.15) is 7.85 Å². The molecule has 0 aromatic heterocycles. The fourth-order valence-corrected chi connectivity index (χ4v) is 2.84. The van der Waals surface area contributed by atoms with Crippen LogP contribution in [0.15, 0.2) is 0 Å². The van der Waals surface area contributed by atoms with E-state index >= 15 is 0 Å². The fourth-order valence-electron chi connectivity index (χ4n) is 2.84. The number of likely N-dealkylation sites (tertiary alicyclic amines) is 1. The van der Waals surface area contributed by atoms with Crippen molar-refractivity contribution in [3.05, 3.63) is 0 Å². The molecule has 1 atom stereocenters. The molecule has 0 spiro atoms. The van der Waals surface area contributed by atoms with E-state index in [4.69, 9.17) is 0 Å². The summed E-state index contributed by atoms with van der Waals surface area (Å²) < 4.78 is 0. The standard InChI is InChI=1S/C15H26BNO3/c1-10(2)14(3,4)9-15(5,16)8-13(20)17-11(18)6-7-12(17)19/h10H,6-9,16H2,1-5H3. The summed E-state index contributed by atoms with van der Waals surface area (Å²) in [4.78, 5) is 36.3. The fraction of sp³-hybridized carbons (Fsp3) is 0.800. The number of nitrogens with zero attached hydrogens (tertiary/aromatic N) is 1. The predicted octanol–water partition coefficient (Wildman–Crippen LogP) is 1.94. The zero-order valence-electron chi connectivity index (χ0n) is 13.6. The molecule has 1 heterocycles. The lowest BCUT2D eigenvalue weighted by Crippen LogP contribution is -2.38. The molecule has 1 rings (SSSR count). The van der Waals surface area contributed by atoms with E-state index in [1.165, 1.54) is 0 Å². The number of carbonyl (C=O) groups is 3. The molecule has 4 nitrogen and oxygen atoms in total. The van der Waals surface area contributed by atoms with E-state index in [0.29, 0.717) is 5.92 Å². The molecule has 0 aromatic carbocycles. The van der Waals surface area contributed by atoms with Crippen LogP contribution in [-0.4, -0.2) is 30.5 Å². The first-order chi connectivity index (χ1) is 8.96. The topological polar surface area (TPSA) is 54.5 Å². The Bertz CT molecular complexity index is 411. The molecule has 1 unspecified atom stereocenters. The second-order valence-electron chi connectivity index (χ2n) is 7.68. The van der Waals surface area contributed by atoms with Crippen LogP contribution in [-0.2, 0) is 14.4 Å². The molecule has 1 saturated heterocycles. The third kappa shape index (κ3) is 3.93. The molecule has 0 saturated carbocycles. The zero-order valence-corrected chi connectivity index (χ0v) is 13.6. The second-order valence-corrected chi connectivity index (χ2v) is 7.68. The maximum Gasteiger partial charge on any atom is 0.236 e. The maximum atomic E-state index is 12.2. The van der Waals surface area contributed by atoms with Crippen LogP contribution in [0, 0.1) is 11.3 Å². The van der Waals surface area contributed by atoms with E-state index in [1.54, 1.807) is 0 Å². The minimum absolute atomic E-state index is 0.114. The number of hydrogen-bond donors (Lipinski definition) is 0. The van der Waals surface area contributed by atoms with Crippen molar-refractivity contribution in [2.24, 2.45) is 11.3 Å². The Labute approximate surface area is 122 Å². The quantitative estimate of drug-likeness (QED) is 0.571. The van der Waals surface area contributed by atoms with Crippen molar-refractivity contribution in [3.8, 4) is 0 Å². The van der Waals surface area contributed by atoms with E-state index in [1.807, 2.05) is 14.8 Å². The van der Waals surface area contributed by atoms with Crippen LogP contribution in [0.5, 0.6) is 0 Å². The lowest BCUT2D eigenvalue weighted by molar-refractivity contribution is -0.149. The highest BCUT2D eigenvalue weighted by atomic mass is 16.2. The van der Waals surface area contributed by atoms with E-state index < -0.39 is 0 Å². The zero-order chi connectivity index (χ0) is 15.7. The summed E-state index contributed by atoms with van der Waals surface area (Å²) in [5.41, 5.74) is 0.114. The third-order valence-electron chi connectivity index (χ3n) is 4.43. The molecular formula is C15H26BNO3. The van der Waals surface area contributed by atoms with Gasteiger partial charge in [-0.3, -0.25) is 14.4 Å². The Hall–Kier alpha value is -1.13. The van der Waals surface area contributed by atoms with Gasteiger partial charge in [-0.2, -0.15) is 0 Å². The summed E-state index contributed by atoms with van der Waals surface area (Å²) in [6, 6.07) is 0. The molecule has 1 aliphatic rings. The number of carbonyl (C=O) groups excluding carboxylic acids is 3. The van der Waals surface area contributed by atoms with Crippen molar-refractivity contribution in [1.29, 1.82) is 0 Å². The predicted molar refractivity (Wildman–Crippen MR) is 80.9 cm³/mol. The Balaban J connectivity index is 2.73. The summed E-state index contributed by atoms with van der Waals surface area (Å²) >= 11 is 0. The van der Waals surface area contributed by atoms with Gasteiger partial charge < -0.3 is 0 Å². The van der Waals surface area contributed by atoms with Gasteiger partial charge in [0, 0.05) is 19.3 Å². The molecule has 0 aromatic rings. The summed E-state index contributed by atoms with van der Waals surface area (Å²) in [5.74, 6) is -0.535. The van der Waals surface area contributed by atoms with Gasteiger partial charge in [-0.15, -0.1) is 0 Å². The monoisotopic (exact) mass is 279 g/mol. The van der Waals surface area contributed by atoms with Gasteiger partial charge >= 0.3 is 0 Å². The van der Waals surface area contributed by atoms with Crippen molar-refractivity contribution < 1.29 is 14.4 Å². The molecule has 1 fully saturated rings. The van der Waals surface area contributed by atoms with Crippen molar-refractivity contribution in [2.75, 3.05) is 0 Å².